The molecule has 0 aliphatic rings. The van der Waals surface area contributed by atoms with E-state index in [-0.39, 0.29) is 5.69 Å². The average molecular weight is 415 g/mol. The van der Waals surface area contributed by atoms with Crippen LogP contribution in [-0.4, -0.2) is 11.5 Å². The highest BCUT2D eigenvalue weighted by Crippen LogP contribution is 2.35. The largest absolute Gasteiger partial charge is 0.385 e. The van der Waals surface area contributed by atoms with E-state index in [1.165, 1.54) is 12.1 Å². The molecule has 5 nitrogen and oxygen atoms in total. The molecule has 7 heteroatoms. The zero-order valence-corrected chi connectivity index (χ0v) is 14.4. The number of non-ortho nitro benzene ring substituents is 1. The molecule has 0 fully saturated rings. The minimum Gasteiger partial charge on any atom is -0.385 e. The molecule has 0 spiro atoms. The number of nitrogens with one attached hydrogen (secondary N) is 2. The molecule has 0 aliphatic carbocycles. The third-order valence-electron chi connectivity index (χ3n) is 2.74. The predicted octanol–water partition coefficient (Wildman–Crippen LogP) is 5.30. The Labute approximate surface area is 139 Å². The van der Waals surface area contributed by atoms with E-state index in [0.29, 0.717) is 17.9 Å². The summed E-state index contributed by atoms with van der Waals surface area (Å²) in [6.07, 6.45) is 0. The maximum atomic E-state index is 11.0. The zero-order valence-electron chi connectivity index (χ0n) is 11.2. The van der Waals surface area contributed by atoms with Gasteiger partial charge in [0, 0.05) is 39.0 Å². The summed E-state index contributed by atoms with van der Waals surface area (Å²) in [6.45, 7) is 2.63. The van der Waals surface area contributed by atoms with Crippen LogP contribution in [0.4, 0.5) is 22.7 Å². The van der Waals surface area contributed by atoms with Crippen LogP contribution in [0, 0.1) is 10.1 Å². The number of para-hydroxylation sites is 1. The fraction of sp³-hybridized carbons (Fsp3) is 0.143. The Hall–Kier alpha value is -1.60. The number of nitrogens with zero attached hydrogens (tertiary/aromatic N) is 1. The van der Waals surface area contributed by atoms with Crippen LogP contribution in [-0.2, 0) is 0 Å². The monoisotopic (exact) mass is 413 g/mol. The van der Waals surface area contributed by atoms with Crippen molar-refractivity contribution >= 4 is 54.6 Å². The number of halogens is 2. The van der Waals surface area contributed by atoms with E-state index in [1.54, 1.807) is 0 Å². The maximum absolute atomic E-state index is 11.0. The normalized spacial score (nSPS) is 10.2. The summed E-state index contributed by atoms with van der Waals surface area (Å²) in [7, 11) is 0. The van der Waals surface area contributed by atoms with Gasteiger partial charge in [-0.25, -0.2) is 0 Å². The minimum atomic E-state index is -0.402. The number of hydrogen-bond donors (Lipinski definition) is 2. The smallest absolute Gasteiger partial charge is 0.273 e. The zero-order chi connectivity index (χ0) is 15.4. The molecular weight excluding hydrogens is 402 g/mol. The van der Waals surface area contributed by atoms with Crippen molar-refractivity contribution < 1.29 is 4.92 Å². The van der Waals surface area contributed by atoms with Crippen LogP contribution >= 0.6 is 31.9 Å². The molecular formula is C14H13Br2N3O2. The molecule has 0 amide bonds. The van der Waals surface area contributed by atoms with Gasteiger partial charge in [-0.3, -0.25) is 10.1 Å². The summed E-state index contributed by atoms with van der Waals surface area (Å²) in [5, 5.41) is 17.3. The Balaban J connectivity index is 2.41. The molecule has 0 saturated carbocycles. The molecule has 0 unspecified atom stereocenters. The van der Waals surface area contributed by atoms with Gasteiger partial charge in [-0.2, -0.15) is 0 Å². The number of benzene rings is 2. The molecule has 0 bridgehead atoms. The second-order valence-corrected chi connectivity index (χ2v) is 5.99. The molecule has 21 heavy (non-hydrogen) atoms. The molecule has 110 valence electrons. The summed E-state index contributed by atoms with van der Waals surface area (Å²) in [4.78, 5) is 10.6. The van der Waals surface area contributed by atoms with E-state index in [2.05, 4.69) is 42.5 Å². The molecule has 0 saturated heterocycles. The van der Waals surface area contributed by atoms with Crippen molar-refractivity contribution in [2.75, 3.05) is 17.2 Å². The van der Waals surface area contributed by atoms with E-state index in [0.717, 1.165) is 14.6 Å². The Morgan fingerprint density at radius 3 is 2.33 bits per heavy atom. The lowest BCUT2D eigenvalue weighted by atomic mass is 10.2. The van der Waals surface area contributed by atoms with Crippen LogP contribution in [0.3, 0.4) is 0 Å². The van der Waals surface area contributed by atoms with E-state index < -0.39 is 4.92 Å². The molecule has 2 rings (SSSR count). The number of rotatable bonds is 5. The predicted molar refractivity (Wildman–Crippen MR) is 92.4 cm³/mol. The van der Waals surface area contributed by atoms with E-state index in [4.69, 9.17) is 0 Å². The summed E-state index contributed by atoms with van der Waals surface area (Å²) >= 11 is 6.92. The lowest BCUT2D eigenvalue weighted by Crippen LogP contribution is -2.00. The van der Waals surface area contributed by atoms with Gasteiger partial charge >= 0.3 is 0 Å². The first-order valence-electron chi connectivity index (χ1n) is 6.25. The van der Waals surface area contributed by atoms with Gasteiger partial charge in [-0.15, -0.1) is 0 Å². The second kappa shape index (κ2) is 6.91. The molecule has 0 atom stereocenters. The third-order valence-corrected chi connectivity index (χ3v) is 4.06. The molecule has 0 aliphatic heterocycles. The fourth-order valence-corrected chi connectivity index (χ4v) is 3.05. The van der Waals surface area contributed by atoms with Crippen molar-refractivity contribution in [3.8, 4) is 0 Å². The van der Waals surface area contributed by atoms with Gasteiger partial charge in [0.25, 0.3) is 5.69 Å². The van der Waals surface area contributed by atoms with Gasteiger partial charge in [-0.1, -0.05) is 6.07 Å². The summed E-state index contributed by atoms with van der Waals surface area (Å²) < 4.78 is 1.74. The highest BCUT2D eigenvalue weighted by Gasteiger charge is 2.11. The molecule has 2 N–H and O–H groups in total. The van der Waals surface area contributed by atoms with Crippen LogP contribution < -0.4 is 10.6 Å². The van der Waals surface area contributed by atoms with Gasteiger partial charge < -0.3 is 10.6 Å². The summed E-state index contributed by atoms with van der Waals surface area (Å²) in [5.74, 6) is 0. The fourth-order valence-electron chi connectivity index (χ4n) is 1.86. The highest BCUT2D eigenvalue weighted by molar-refractivity contribution is 9.11. The quantitative estimate of drug-likeness (QED) is 0.514. The SMILES string of the molecule is CCNc1cc(Nc2c(Br)cccc2Br)cc([N+](=O)[O-])c1. The highest BCUT2D eigenvalue weighted by atomic mass is 79.9. The average Bonchev–Trinajstić information content (AvgIpc) is 2.43. The maximum Gasteiger partial charge on any atom is 0.273 e. The van der Waals surface area contributed by atoms with E-state index in [9.17, 15) is 10.1 Å². The van der Waals surface area contributed by atoms with Crippen LogP contribution in [0.2, 0.25) is 0 Å². The molecule has 2 aromatic rings. The first kappa shape index (κ1) is 15.8. The summed E-state index contributed by atoms with van der Waals surface area (Å²) in [6, 6.07) is 10.6. The third kappa shape index (κ3) is 3.95. The molecule has 0 radical (unpaired) electrons. The number of hydrogen-bond acceptors (Lipinski definition) is 4. The van der Waals surface area contributed by atoms with Crippen molar-refractivity contribution in [2.45, 2.75) is 6.92 Å². The van der Waals surface area contributed by atoms with Crippen molar-refractivity contribution in [1.29, 1.82) is 0 Å². The van der Waals surface area contributed by atoms with Gasteiger partial charge in [-0.05, 0) is 57.0 Å². The molecule has 2 aromatic carbocycles. The Morgan fingerprint density at radius 1 is 1.14 bits per heavy atom. The Bertz CT molecular complexity index is 657. The van der Waals surface area contributed by atoms with Crippen molar-refractivity contribution in [3.63, 3.8) is 0 Å². The number of anilines is 3. The molecule has 0 aromatic heterocycles. The lowest BCUT2D eigenvalue weighted by molar-refractivity contribution is -0.384. The lowest BCUT2D eigenvalue weighted by Gasteiger charge is -2.12. The van der Waals surface area contributed by atoms with E-state index in [1.807, 2.05) is 31.2 Å². The topological polar surface area (TPSA) is 67.2 Å². The molecule has 0 heterocycles. The minimum absolute atomic E-state index is 0.0409. The van der Waals surface area contributed by atoms with Crippen molar-refractivity contribution in [2.24, 2.45) is 0 Å². The van der Waals surface area contributed by atoms with Crippen LogP contribution in [0.1, 0.15) is 6.92 Å². The number of nitro groups is 1. The van der Waals surface area contributed by atoms with Crippen LogP contribution in [0.25, 0.3) is 0 Å². The van der Waals surface area contributed by atoms with Crippen LogP contribution in [0.5, 0.6) is 0 Å². The van der Waals surface area contributed by atoms with Crippen molar-refractivity contribution in [3.05, 3.63) is 55.5 Å². The van der Waals surface area contributed by atoms with Gasteiger partial charge in [0.05, 0.1) is 10.6 Å². The van der Waals surface area contributed by atoms with Gasteiger partial charge in [0.2, 0.25) is 0 Å². The van der Waals surface area contributed by atoms with E-state index >= 15 is 0 Å². The van der Waals surface area contributed by atoms with Crippen molar-refractivity contribution in [1.82, 2.24) is 0 Å². The van der Waals surface area contributed by atoms with Gasteiger partial charge in [0.15, 0.2) is 0 Å². The second-order valence-electron chi connectivity index (χ2n) is 4.28. The Morgan fingerprint density at radius 2 is 1.76 bits per heavy atom. The van der Waals surface area contributed by atoms with Gasteiger partial charge in [0.1, 0.15) is 0 Å². The standard InChI is InChI=1S/C14H13Br2N3O2/c1-2-17-9-6-10(8-11(7-9)19(20)21)18-14-12(15)4-3-5-13(14)16/h3-8,17-18H,2H2,1H3. The first-order valence-corrected chi connectivity index (χ1v) is 7.84. The summed E-state index contributed by atoms with van der Waals surface area (Å²) in [5.41, 5.74) is 2.21. The first-order chi connectivity index (χ1) is 10.0. The Kier molecular flexibility index (Phi) is 5.19. The van der Waals surface area contributed by atoms with Crippen LogP contribution in [0.15, 0.2) is 45.3 Å². The number of nitro benzene ring substituents is 1.